The van der Waals surface area contributed by atoms with Crippen molar-refractivity contribution in [3.8, 4) is 5.75 Å². The zero-order valence-corrected chi connectivity index (χ0v) is 7.38. The molecule has 0 saturated carbocycles. The van der Waals surface area contributed by atoms with Crippen molar-refractivity contribution in [2.24, 2.45) is 7.05 Å². The molecular formula is C8H9ClN2O. The van der Waals surface area contributed by atoms with Crippen LogP contribution in [0.5, 0.6) is 5.75 Å². The summed E-state index contributed by atoms with van der Waals surface area (Å²) in [6.07, 6.45) is 1.91. The lowest BCUT2D eigenvalue weighted by Crippen LogP contribution is -1.84. The number of fused-ring (bicyclic) bond motifs is 1. The Labute approximate surface area is 76.0 Å². The van der Waals surface area contributed by atoms with Crippen LogP contribution in [-0.2, 0) is 7.05 Å². The molecule has 0 aliphatic heterocycles. The van der Waals surface area contributed by atoms with Crippen LogP contribution in [0.1, 0.15) is 0 Å². The van der Waals surface area contributed by atoms with E-state index in [2.05, 4.69) is 5.10 Å². The third-order valence-corrected chi connectivity index (χ3v) is 1.61. The van der Waals surface area contributed by atoms with Gasteiger partial charge in [-0.3, -0.25) is 4.68 Å². The molecule has 0 saturated heterocycles. The number of phenolic OH excluding ortho intramolecular Hbond substituents is 1. The first-order valence-corrected chi connectivity index (χ1v) is 3.38. The average molecular weight is 185 g/mol. The predicted molar refractivity (Wildman–Crippen MR) is 49.6 cm³/mol. The summed E-state index contributed by atoms with van der Waals surface area (Å²) in [7, 11) is 1.86. The molecule has 1 aromatic carbocycles. The van der Waals surface area contributed by atoms with Gasteiger partial charge >= 0.3 is 0 Å². The molecule has 64 valence electrons. The predicted octanol–water partition coefficient (Wildman–Crippen LogP) is 1.70. The zero-order chi connectivity index (χ0) is 7.84. The Hall–Kier alpha value is -1.22. The highest BCUT2D eigenvalue weighted by Crippen LogP contribution is 2.17. The van der Waals surface area contributed by atoms with E-state index in [1.807, 2.05) is 19.3 Å². The SMILES string of the molecule is Cl.Cn1cc2ccc(O)cc2n1. The van der Waals surface area contributed by atoms with Crippen LogP contribution in [0.3, 0.4) is 0 Å². The van der Waals surface area contributed by atoms with Crippen molar-refractivity contribution < 1.29 is 5.11 Å². The summed E-state index contributed by atoms with van der Waals surface area (Å²) in [5.41, 5.74) is 0.826. The molecule has 0 unspecified atom stereocenters. The topological polar surface area (TPSA) is 38.0 Å². The Bertz CT molecular complexity index is 397. The molecule has 0 spiro atoms. The van der Waals surface area contributed by atoms with Crippen molar-refractivity contribution in [1.82, 2.24) is 9.78 Å². The summed E-state index contributed by atoms with van der Waals surface area (Å²) in [6, 6.07) is 5.15. The molecule has 1 N–H and O–H groups in total. The molecule has 0 bridgehead atoms. The molecule has 2 aromatic rings. The van der Waals surface area contributed by atoms with Crippen LogP contribution >= 0.6 is 12.4 Å². The number of benzene rings is 1. The molecule has 1 aromatic heterocycles. The molecule has 2 rings (SSSR count). The lowest BCUT2D eigenvalue weighted by molar-refractivity contribution is 0.476. The third-order valence-electron chi connectivity index (χ3n) is 1.61. The number of hydrogen-bond acceptors (Lipinski definition) is 2. The average Bonchev–Trinajstić information content (AvgIpc) is 2.27. The van der Waals surface area contributed by atoms with E-state index in [1.165, 1.54) is 0 Å². The van der Waals surface area contributed by atoms with E-state index >= 15 is 0 Å². The fourth-order valence-corrected chi connectivity index (χ4v) is 1.13. The van der Waals surface area contributed by atoms with Crippen LogP contribution in [0.2, 0.25) is 0 Å². The molecule has 4 heteroatoms. The molecule has 3 nitrogen and oxygen atoms in total. The van der Waals surface area contributed by atoms with Gasteiger partial charge in [0.2, 0.25) is 0 Å². The number of rotatable bonds is 0. The first-order valence-electron chi connectivity index (χ1n) is 3.38. The highest BCUT2D eigenvalue weighted by molar-refractivity contribution is 5.85. The summed E-state index contributed by atoms with van der Waals surface area (Å²) in [5, 5.41) is 14.3. The molecule has 0 aliphatic rings. The molecule has 0 aliphatic carbocycles. The van der Waals surface area contributed by atoms with Crippen molar-refractivity contribution in [1.29, 1.82) is 0 Å². The molecule has 0 atom stereocenters. The number of nitrogens with zero attached hydrogens (tertiary/aromatic N) is 2. The number of halogens is 1. The smallest absolute Gasteiger partial charge is 0.117 e. The van der Waals surface area contributed by atoms with E-state index in [0.717, 1.165) is 10.9 Å². The molecule has 0 fully saturated rings. The van der Waals surface area contributed by atoms with Crippen molar-refractivity contribution in [2.45, 2.75) is 0 Å². The van der Waals surface area contributed by atoms with Crippen LogP contribution in [-0.4, -0.2) is 14.9 Å². The second-order valence-electron chi connectivity index (χ2n) is 2.55. The maximum absolute atomic E-state index is 9.09. The molecular weight excluding hydrogens is 176 g/mol. The van der Waals surface area contributed by atoms with Gasteiger partial charge in [0, 0.05) is 24.7 Å². The van der Waals surface area contributed by atoms with Gasteiger partial charge < -0.3 is 5.11 Å². The fourth-order valence-electron chi connectivity index (χ4n) is 1.13. The first kappa shape index (κ1) is 8.87. The van der Waals surface area contributed by atoms with Crippen LogP contribution in [0.15, 0.2) is 24.4 Å². The van der Waals surface area contributed by atoms with Crippen LogP contribution in [0, 0.1) is 0 Å². The maximum atomic E-state index is 9.09. The van der Waals surface area contributed by atoms with Crippen molar-refractivity contribution in [3.05, 3.63) is 24.4 Å². The number of phenols is 1. The third kappa shape index (κ3) is 1.36. The number of aromatic hydroxyl groups is 1. The zero-order valence-electron chi connectivity index (χ0n) is 6.56. The maximum Gasteiger partial charge on any atom is 0.117 e. The van der Waals surface area contributed by atoms with Gasteiger partial charge in [-0.05, 0) is 12.1 Å². The van der Waals surface area contributed by atoms with Crippen LogP contribution < -0.4 is 0 Å². The second-order valence-corrected chi connectivity index (χ2v) is 2.55. The Morgan fingerprint density at radius 3 is 2.92 bits per heavy atom. The van der Waals surface area contributed by atoms with E-state index < -0.39 is 0 Å². The summed E-state index contributed by atoms with van der Waals surface area (Å²) in [4.78, 5) is 0. The minimum atomic E-state index is 0. The Morgan fingerprint density at radius 1 is 1.42 bits per heavy atom. The van der Waals surface area contributed by atoms with Crippen LogP contribution in [0.25, 0.3) is 10.9 Å². The number of hydrogen-bond donors (Lipinski definition) is 1. The Balaban J connectivity index is 0.000000720. The van der Waals surface area contributed by atoms with Gasteiger partial charge in [-0.2, -0.15) is 5.10 Å². The standard InChI is InChI=1S/C8H8N2O.ClH/c1-10-5-6-2-3-7(11)4-8(6)9-10;/h2-5,11H,1H3;1H. The van der Waals surface area contributed by atoms with Gasteiger partial charge in [0.25, 0.3) is 0 Å². The van der Waals surface area contributed by atoms with E-state index in [-0.39, 0.29) is 18.2 Å². The second kappa shape index (κ2) is 3.03. The minimum absolute atomic E-state index is 0. The van der Waals surface area contributed by atoms with Gasteiger partial charge in [-0.15, -0.1) is 12.4 Å². The Morgan fingerprint density at radius 2 is 2.17 bits per heavy atom. The van der Waals surface area contributed by atoms with Gasteiger partial charge in [-0.1, -0.05) is 0 Å². The van der Waals surface area contributed by atoms with Gasteiger partial charge in [0.05, 0.1) is 5.52 Å². The first-order chi connectivity index (χ1) is 5.25. The fraction of sp³-hybridized carbons (Fsp3) is 0.125. The molecule has 1 heterocycles. The van der Waals surface area contributed by atoms with Gasteiger partial charge in [0.15, 0.2) is 0 Å². The van der Waals surface area contributed by atoms with E-state index in [9.17, 15) is 0 Å². The van der Waals surface area contributed by atoms with Gasteiger partial charge in [0.1, 0.15) is 5.75 Å². The summed E-state index contributed by atoms with van der Waals surface area (Å²) >= 11 is 0. The monoisotopic (exact) mass is 184 g/mol. The largest absolute Gasteiger partial charge is 0.508 e. The van der Waals surface area contributed by atoms with Crippen molar-refractivity contribution in [2.75, 3.05) is 0 Å². The van der Waals surface area contributed by atoms with Crippen molar-refractivity contribution >= 4 is 23.3 Å². The normalized spacial score (nSPS) is 9.75. The van der Waals surface area contributed by atoms with E-state index in [1.54, 1.807) is 16.8 Å². The highest BCUT2D eigenvalue weighted by Gasteiger charge is 1.97. The highest BCUT2D eigenvalue weighted by atomic mass is 35.5. The molecule has 0 amide bonds. The quantitative estimate of drug-likeness (QED) is 0.677. The Kier molecular flexibility index (Phi) is 2.24. The number of aromatic nitrogens is 2. The lowest BCUT2D eigenvalue weighted by atomic mass is 10.2. The van der Waals surface area contributed by atoms with Crippen molar-refractivity contribution in [3.63, 3.8) is 0 Å². The van der Waals surface area contributed by atoms with E-state index in [0.29, 0.717) is 0 Å². The summed E-state index contributed by atoms with van der Waals surface area (Å²) < 4.78 is 1.73. The summed E-state index contributed by atoms with van der Waals surface area (Å²) in [6.45, 7) is 0. The molecule has 0 radical (unpaired) electrons. The summed E-state index contributed by atoms with van der Waals surface area (Å²) in [5.74, 6) is 0.260. The molecule has 12 heavy (non-hydrogen) atoms. The van der Waals surface area contributed by atoms with Crippen LogP contribution in [0.4, 0.5) is 0 Å². The number of aryl methyl sites for hydroxylation is 1. The lowest BCUT2D eigenvalue weighted by Gasteiger charge is -1.87. The van der Waals surface area contributed by atoms with Gasteiger partial charge in [-0.25, -0.2) is 0 Å². The minimum Gasteiger partial charge on any atom is -0.508 e. The van der Waals surface area contributed by atoms with E-state index in [4.69, 9.17) is 5.11 Å².